The van der Waals surface area contributed by atoms with Crippen LogP contribution in [0.1, 0.15) is 62.4 Å². The van der Waals surface area contributed by atoms with Gasteiger partial charge in [-0.15, -0.1) is 0 Å². The first-order chi connectivity index (χ1) is 9.69. The number of hydrogen-bond acceptors (Lipinski definition) is 1. The highest BCUT2D eigenvalue weighted by Gasteiger charge is 2.30. The Morgan fingerprint density at radius 1 is 1.15 bits per heavy atom. The van der Waals surface area contributed by atoms with Crippen LogP contribution in [0.25, 0.3) is 0 Å². The Balaban J connectivity index is 2.29. The fraction of sp³-hybridized carbons (Fsp3) is 0.611. The number of ketones is 1. The average molecular weight is 290 g/mol. The summed E-state index contributed by atoms with van der Waals surface area (Å²) >= 11 is 0. The van der Waals surface area contributed by atoms with Crippen molar-refractivity contribution < 1.29 is 4.79 Å². The maximum absolute atomic E-state index is 12.5. The summed E-state index contributed by atoms with van der Waals surface area (Å²) in [6.45, 7) is 6.60. The van der Waals surface area contributed by atoms with Gasteiger partial charge in [-0.2, -0.15) is 0 Å². The summed E-state index contributed by atoms with van der Waals surface area (Å²) in [6, 6.07) is 6.58. The van der Waals surface area contributed by atoms with Crippen molar-refractivity contribution in [2.75, 3.05) is 12.3 Å². The number of unbranched alkanes of at least 4 members (excludes halogenated alkanes) is 2. The van der Waals surface area contributed by atoms with Crippen LogP contribution in [0.2, 0.25) is 0 Å². The molecule has 0 spiro atoms. The highest BCUT2D eigenvalue weighted by Crippen LogP contribution is 2.40. The van der Waals surface area contributed by atoms with Gasteiger partial charge in [0, 0.05) is 11.5 Å². The van der Waals surface area contributed by atoms with E-state index in [-0.39, 0.29) is 13.8 Å². The molecule has 110 valence electrons. The minimum Gasteiger partial charge on any atom is -0.294 e. The Bertz CT molecular complexity index is 458. The van der Waals surface area contributed by atoms with Crippen molar-refractivity contribution in [2.24, 2.45) is 5.92 Å². The third-order valence-electron chi connectivity index (χ3n) is 4.25. The molecule has 0 aromatic heterocycles. The summed E-state index contributed by atoms with van der Waals surface area (Å²) in [4.78, 5) is 12.5. The fourth-order valence-corrected chi connectivity index (χ4v) is 5.99. The summed E-state index contributed by atoms with van der Waals surface area (Å²) in [5.41, 5.74) is 2.42. The number of carbonyl (C=O) groups is 1. The first kappa shape index (κ1) is 15.7. The van der Waals surface area contributed by atoms with Gasteiger partial charge in [0.1, 0.15) is 0 Å². The first-order valence-electron chi connectivity index (χ1n) is 8.10. The zero-order valence-electron chi connectivity index (χ0n) is 13.1. The van der Waals surface area contributed by atoms with Gasteiger partial charge in [0.2, 0.25) is 0 Å². The molecule has 0 saturated carbocycles. The molecule has 0 saturated heterocycles. The number of Topliss-reactive ketones (excluding diaryl/α,β-unsaturated/α-hetero) is 1. The second-order valence-electron chi connectivity index (χ2n) is 5.97. The molecule has 0 heterocycles. The van der Waals surface area contributed by atoms with Gasteiger partial charge in [0.15, 0.2) is 5.78 Å². The number of benzene rings is 1. The van der Waals surface area contributed by atoms with Crippen LogP contribution in [0, 0.1) is 5.92 Å². The predicted molar refractivity (Wildman–Crippen MR) is 89.7 cm³/mol. The Morgan fingerprint density at radius 3 is 2.40 bits per heavy atom. The summed E-state index contributed by atoms with van der Waals surface area (Å²) in [5, 5.41) is 1.41. The van der Waals surface area contributed by atoms with Crippen LogP contribution < -0.4 is 5.30 Å². The standard InChI is InChI=1S/C18H27OP/c1-4-6-11-20(12-7-5-2)16-10-8-9-15-13-14(3)18(19)17(15)16/h8-10,14H,4-7,11-13H2,1-3H3. The van der Waals surface area contributed by atoms with Crippen molar-refractivity contribution in [1.29, 1.82) is 0 Å². The third kappa shape index (κ3) is 3.31. The van der Waals surface area contributed by atoms with Crippen molar-refractivity contribution in [3.05, 3.63) is 29.3 Å². The van der Waals surface area contributed by atoms with Crippen molar-refractivity contribution in [1.82, 2.24) is 0 Å². The molecule has 20 heavy (non-hydrogen) atoms. The maximum Gasteiger partial charge on any atom is 0.166 e. The van der Waals surface area contributed by atoms with Crippen LogP contribution in [0.5, 0.6) is 0 Å². The molecule has 1 unspecified atom stereocenters. The van der Waals surface area contributed by atoms with Crippen molar-refractivity contribution >= 4 is 19.0 Å². The highest BCUT2D eigenvalue weighted by molar-refractivity contribution is 7.65. The molecule has 1 aliphatic carbocycles. The van der Waals surface area contributed by atoms with Crippen molar-refractivity contribution in [3.63, 3.8) is 0 Å². The Hall–Kier alpha value is -0.680. The quantitative estimate of drug-likeness (QED) is 0.661. The van der Waals surface area contributed by atoms with E-state index in [1.807, 2.05) is 0 Å². The van der Waals surface area contributed by atoms with Gasteiger partial charge in [-0.05, 0) is 42.5 Å². The van der Waals surface area contributed by atoms with E-state index in [4.69, 9.17) is 0 Å². The zero-order valence-corrected chi connectivity index (χ0v) is 14.0. The zero-order chi connectivity index (χ0) is 14.5. The molecular formula is C18H27OP. The molecule has 0 fully saturated rings. The summed E-state index contributed by atoms with van der Waals surface area (Å²) in [5.74, 6) is 0.594. The normalized spacial score (nSPS) is 17.8. The third-order valence-corrected chi connectivity index (χ3v) is 7.02. The Morgan fingerprint density at radius 2 is 1.80 bits per heavy atom. The Kier molecular flexibility index (Phi) is 5.78. The van der Waals surface area contributed by atoms with E-state index in [1.54, 1.807) is 0 Å². The summed E-state index contributed by atoms with van der Waals surface area (Å²) in [6.07, 6.45) is 8.64. The topological polar surface area (TPSA) is 17.1 Å². The first-order valence-corrected chi connectivity index (χ1v) is 9.81. The van der Waals surface area contributed by atoms with Crippen LogP contribution in [0.15, 0.2) is 18.2 Å². The van der Waals surface area contributed by atoms with E-state index in [0.717, 1.165) is 12.0 Å². The predicted octanol–water partition coefficient (Wildman–Crippen LogP) is 4.77. The molecule has 1 aliphatic rings. The second-order valence-corrected chi connectivity index (χ2v) is 8.43. The molecule has 0 aliphatic heterocycles. The fourth-order valence-electron chi connectivity index (χ4n) is 3.02. The largest absolute Gasteiger partial charge is 0.294 e. The van der Waals surface area contributed by atoms with Crippen molar-refractivity contribution in [2.45, 2.75) is 52.9 Å². The lowest BCUT2D eigenvalue weighted by atomic mass is 10.1. The molecule has 2 rings (SSSR count). The molecule has 1 nitrogen and oxygen atoms in total. The SMILES string of the molecule is CCCCP(CCCC)c1cccc2c1C(=O)C(C)C2. The lowest BCUT2D eigenvalue weighted by Gasteiger charge is -2.20. The average Bonchev–Trinajstić information content (AvgIpc) is 2.75. The summed E-state index contributed by atoms with van der Waals surface area (Å²) < 4.78 is 0. The van der Waals surface area contributed by atoms with E-state index < -0.39 is 0 Å². The van der Waals surface area contributed by atoms with Crippen LogP contribution in [-0.2, 0) is 6.42 Å². The molecule has 1 aromatic rings. The lowest BCUT2D eigenvalue weighted by molar-refractivity contribution is 0.0947. The van der Waals surface area contributed by atoms with E-state index >= 15 is 0 Å². The van der Waals surface area contributed by atoms with Crippen LogP contribution in [0.3, 0.4) is 0 Å². The number of hydrogen-bond donors (Lipinski definition) is 0. The molecule has 1 atom stereocenters. The van der Waals surface area contributed by atoms with Crippen LogP contribution in [0.4, 0.5) is 0 Å². The molecule has 2 heteroatoms. The van der Waals surface area contributed by atoms with E-state index in [1.165, 1.54) is 48.9 Å². The molecular weight excluding hydrogens is 263 g/mol. The minimum absolute atomic E-state index is 0.137. The van der Waals surface area contributed by atoms with Gasteiger partial charge >= 0.3 is 0 Å². The smallest absolute Gasteiger partial charge is 0.166 e. The number of rotatable bonds is 7. The van der Waals surface area contributed by atoms with E-state index in [9.17, 15) is 4.79 Å². The monoisotopic (exact) mass is 290 g/mol. The molecule has 0 amide bonds. The minimum atomic E-state index is -0.137. The van der Waals surface area contributed by atoms with Gasteiger partial charge in [0.25, 0.3) is 0 Å². The second kappa shape index (κ2) is 7.36. The Labute approximate surface area is 124 Å². The summed E-state index contributed by atoms with van der Waals surface area (Å²) in [7, 11) is -0.137. The number of carbonyl (C=O) groups excluding carboxylic acids is 1. The molecule has 0 radical (unpaired) electrons. The van der Waals surface area contributed by atoms with Crippen LogP contribution >= 0.6 is 7.92 Å². The molecule has 0 bridgehead atoms. The maximum atomic E-state index is 12.5. The van der Waals surface area contributed by atoms with Crippen LogP contribution in [-0.4, -0.2) is 18.1 Å². The van der Waals surface area contributed by atoms with E-state index in [0.29, 0.717) is 5.78 Å². The van der Waals surface area contributed by atoms with Gasteiger partial charge in [0.05, 0.1) is 0 Å². The molecule has 1 aromatic carbocycles. The van der Waals surface area contributed by atoms with Crippen molar-refractivity contribution in [3.8, 4) is 0 Å². The molecule has 0 N–H and O–H groups in total. The highest BCUT2D eigenvalue weighted by atomic mass is 31.1. The van der Waals surface area contributed by atoms with Gasteiger partial charge in [-0.25, -0.2) is 0 Å². The van der Waals surface area contributed by atoms with Gasteiger partial charge in [-0.1, -0.05) is 59.7 Å². The lowest BCUT2D eigenvalue weighted by Crippen LogP contribution is -2.17. The van der Waals surface area contributed by atoms with E-state index in [2.05, 4.69) is 39.0 Å². The van der Waals surface area contributed by atoms with Gasteiger partial charge < -0.3 is 0 Å². The number of fused-ring (bicyclic) bond motifs is 1. The van der Waals surface area contributed by atoms with Gasteiger partial charge in [-0.3, -0.25) is 4.79 Å².